The molecule has 0 N–H and O–H groups in total. The fraction of sp³-hybridized carbons (Fsp3) is 0.0968. The summed E-state index contributed by atoms with van der Waals surface area (Å²) in [6.07, 6.45) is 0. The second-order valence-electron chi connectivity index (χ2n) is 18.8. The predicted octanol–water partition coefficient (Wildman–Crippen LogP) is 17.1. The predicted molar refractivity (Wildman–Crippen MR) is 265 cm³/mol. The normalized spacial score (nSPS) is 14.4. The Bertz CT molecular complexity index is 3710. The monoisotopic (exact) mass is 788 g/mol. The van der Waals surface area contributed by atoms with Crippen LogP contribution < -0.4 is 0 Å². The van der Waals surface area contributed by atoms with E-state index in [-0.39, 0.29) is 10.8 Å². The van der Waals surface area contributed by atoms with E-state index in [1.807, 2.05) is 0 Å². The summed E-state index contributed by atoms with van der Waals surface area (Å²) in [7, 11) is 0. The van der Waals surface area contributed by atoms with Crippen molar-refractivity contribution in [2.75, 3.05) is 0 Å². The SMILES string of the molecule is CC1(C)c2ccccc2-c2ccc(-c3ccc4c(-c5ccc6c7ccccc7c7ccccc7c6c5)c5ccccc5c(-c5ccc6c(c5)C(C)(C)c5ccccc5-6)c4c3)cc21. The fourth-order valence-corrected chi connectivity index (χ4v) is 11.8. The maximum Gasteiger partial charge on any atom is 0.0159 e. The van der Waals surface area contributed by atoms with Gasteiger partial charge in [0.2, 0.25) is 0 Å². The molecule has 0 heteroatoms. The highest BCUT2D eigenvalue weighted by molar-refractivity contribution is 6.27. The first kappa shape index (κ1) is 35.5. The van der Waals surface area contributed by atoms with Crippen molar-refractivity contribution in [1.82, 2.24) is 0 Å². The molecule has 0 heterocycles. The number of hydrogen-bond donors (Lipinski definition) is 0. The standard InChI is InChI=1S/C62H44/c1-61(2)55-23-13-11-19-46(55)48-30-25-38(35-57(48)61)37-26-32-52-54(33-37)60(40-28-31-49-47-20-12-14-24-56(47)62(3,4)58(49)36-40)51-22-10-9-21-50(51)59(52)39-27-29-45-43-17-6-5-15-41(43)42-16-7-8-18-44(42)53(45)34-39/h5-36H,1-4H3. The highest BCUT2D eigenvalue weighted by Crippen LogP contribution is 2.53. The van der Waals surface area contributed by atoms with Crippen molar-refractivity contribution in [2.45, 2.75) is 38.5 Å². The molecule has 0 atom stereocenters. The van der Waals surface area contributed by atoms with Gasteiger partial charge in [-0.15, -0.1) is 0 Å². The summed E-state index contributed by atoms with van der Waals surface area (Å²) in [5.41, 5.74) is 18.4. The van der Waals surface area contributed by atoms with Crippen molar-refractivity contribution in [2.24, 2.45) is 0 Å². The minimum Gasteiger partial charge on any atom is -0.0619 e. The van der Waals surface area contributed by atoms with E-state index in [4.69, 9.17) is 0 Å². The topological polar surface area (TPSA) is 0 Å². The van der Waals surface area contributed by atoms with Gasteiger partial charge in [-0.25, -0.2) is 0 Å². The Morgan fingerprint density at radius 2 is 0.548 bits per heavy atom. The Labute approximate surface area is 362 Å². The number of fused-ring (bicyclic) bond motifs is 14. The van der Waals surface area contributed by atoms with Gasteiger partial charge in [0, 0.05) is 10.8 Å². The van der Waals surface area contributed by atoms with E-state index in [1.54, 1.807) is 0 Å². The Balaban J connectivity index is 1.10. The molecule has 0 aromatic heterocycles. The first-order chi connectivity index (χ1) is 30.3. The lowest BCUT2D eigenvalue weighted by Gasteiger charge is -2.23. The summed E-state index contributed by atoms with van der Waals surface area (Å²) in [6, 6.07) is 73.7. The summed E-state index contributed by atoms with van der Waals surface area (Å²) >= 11 is 0. The van der Waals surface area contributed by atoms with Crippen molar-refractivity contribution < 1.29 is 0 Å². The van der Waals surface area contributed by atoms with Gasteiger partial charge >= 0.3 is 0 Å². The van der Waals surface area contributed by atoms with Gasteiger partial charge in [-0.1, -0.05) is 198 Å². The van der Waals surface area contributed by atoms with E-state index in [2.05, 4.69) is 222 Å². The Hall–Kier alpha value is -7.28. The van der Waals surface area contributed by atoms with Crippen LogP contribution in [0.4, 0.5) is 0 Å². The van der Waals surface area contributed by atoms with Crippen molar-refractivity contribution in [3.63, 3.8) is 0 Å². The van der Waals surface area contributed by atoms with E-state index < -0.39 is 0 Å². The number of rotatable bonds is 3. The smallest absolute Gasteiger partial charge is 0.0159 e. The van der Waals surface area contributed by atoms with E-state index in [1.165, 1.54) is 132 Å². The first-order valence-corrected chi connectivity index (χ1v) is 22.1. The van der Waals surface area contributed by atoms with Crippen molar-refractivity contribution in [3.8, 4) is 55.6 Å². The molecule has 0 bridgehead atoms. The fourth-order valence-electron chi connectivity index (χ4n) is 11.8. The van der Waals surface area contributed by atoms with E-state index in [0.29, 0.717) is 0 Å². The highest BCUT2D eigenvalue weighted by Gasteiger charge is 2.37. The van der Waals surface area contributed by atoms with Crippen LogP contribution in [0, 0.1) is 0 Å². The molecule has 11 aromatic carbocycles. The first-order valence-electron chi connectivity index (χ1n) is 22.1. The van der Waals surface area contributed by atoms with Crippen molar-refractivity contribution in [3.05, 3.63) is 216 Å². The molecule has 0 aliphatic heterocycles. The third kappa shape index (κ3) is 4.78. The summed E-state index contributed by atoms with van der Waals surface area (Å²) in [4.78, 5) is 0. The molecule has 0 saturated heterocycles. The molecule has 0 saturated carbocycles. The quantitative estimate of drug-likeness (QED) is 0.124. The average Bonchev–Trinajstić information content (AvgIpc) is 3.69. The molecule has 0 spiro atoms. The largest absolute Gasteiger partial charge is 0.0619 e. The number of hydrogen-bond acceptors (Lipinski definition) is 0. The van der Waals surface area contributed by atoms with Crippen molar-refractivity contribution in [1.29, 1.82) is 0 Å². The molecule has 0 nitrogen and oxygen atoms in total. The molecule has 11 aromatic rings. The van der Waals surface area contributed by atoms with Gasteiger partial charge in [-0.2, -0.15) is 0 Å². The van der Waals surface area contributed by atoms with Gasteiger partial charge in [0.25, 0.3) is 0 Å². The minimum atomic E-state index is -0.106. The zero-order chi connectivity index (χ0) is 41.5. The van der Waals surface area contributed by atoms with Crippen LogP contribution in [0.2, 0.25) is 0 Å². The summed E-state index contributed by atoms with van der Waals surface area (Å²) in [5.74, 6) is 0. The van der Waals surface area contributed by atoms with Crippen LogP contribution >= 0.6 is 0 Å². The molecule has 62 heavy (non-hydrogen) atoms. The molecule has 0 fully saturated rings. The van der Waals surface area contributed by atoms with Crippen LogP contribution in [0.3, 0.4) is 0 Å². The summed E-state index contributed by atoms with van der Waals surface area (Å²) in [5, 5.41) is 12.8. The molecule has 0 unspecified atom stereocenters. The van der Waals surface area contributed by atoms with Crippen molar-refractivity contribution >= 4 is 53.9 Å². The van der Waals surface area contributed by atoms with Gasteiger partial charge < -0.3 is 0 Å². The molecule has 0 radical (unpaired) electrons. The van der Waals surface area contributed by atoms with Crippen LogP contribution in [0.5, 0.6) is 0 Å². The lowest BCUT2D eigenvalue weighted by atomic mass is 9.80. The average molecular weight is 789 g/mol. The number of benzene rings is 11. The van der Waals surface area contributed by atoms with Crippen LogP contribution in [0.25, 0.3) is 109 Å². The Morgan fingerprint density at radius 1 is 0.226 bits per heavy atom. The minimum absolute atomic E-state index is 0.0757. The van der Waals surface area contributed by atoms with Crippen LogP contribution in [0.15, 0.2) is 194 Å². The van der Waals surface area contributed by atoms with E-state index in [9.17, 15) is 0 Å². The molecular formula is C62H44. The second-order valence-corrected chi connectivity index (χ2v) is 18.8. The maximum atomic E-state index is 2.51. The molecular weight excluding hydrogens is 745 g/mol. The lowest BCUT2D eigenvalue weighted by Crippen LogP contribution is -2.14. The third-order valence-corrected chi connectivity index (χ3v) is 14.8. The van der Waals surface area contributed by atoms with Crippen LogP contribution in [-0.2, 0) is 10.8 Å². The van der Waals surface area contributed by atoms with Gasteiger partial charge in [0.05, 0.1) is 0 Å². The van der Waals surface area contributed by atoms with Gasteiger partial charge in [0.15, 0.2) is 0 Å². The molecule has 13 rings (SSSR count). The molecule has 2 aliphatic carbocycles. The van der Waals surface area contributed by atoms with Gasteiger partial charge in [-0.05, 0) is 156 Å². The molecule has 2 aliphatic rings. The maximum absolute atomic E-state index is 2.51. The van der Waals surface area contributed by atoms with Crippen LogP contribution in [-0.4, -0.2) is 0 Å². The highest BCUT2D eigenvalue weighted by atomic mass is 14.4. The second kappa shape index (κ2) is 12.6. The summed E-state index contributed by atoms with van der Waals surface area (Å²) in [6.45, 7) is 9.53. The Kier molecular flexibility index (Phi) is 7.23. The lowest BCUT2D eigenvalue weighted by molar-refractivity contribution is 0.660. The van der Waals surface area contributed by atoms with Gasteiger partial charge in [-0.3, -0.25) is 0 Å². The molecule has 0 amide bonds. The Morgan fingerprint density at radius 3 is 1.13 bits per heavy atom. The molecule has 292 valence electrons. The van der Waals surface area contributed by atoms with Crippen LogP contribution in [0.1, 0.15) is 49.9 Å². The third-order valence-electron chi connectivity index (χ3n) is 14.8. The van der Waals surface area contributed by atoms with E-state index in [0.717, 1.165) is 0 Å². The van der Waals surface area contributed by atoms with E-state index >= 15 is 0 Å². The van der Waals surface area contributed by atoms with Gasteiger partial charge in [0.1, 0.15) is 0 Å². The summed E-state index contributed by atoms with van der Waals surface area (Å²) < 4.78 is 0. The zero-order valence-electron chi connectivity index (χ0n) is 35.5. The zero-order valence-corrected chi connectivity index (χ0v) is 35.5.